The molecule has 0 spiro atoms. The van der Waals surface area contributed by atoms with Crippen molar-refractivity contribution in [2.24, 2.45) is 0 Å². The van der Waals surface area contributed by atoms with E-state index in [1.54, 1.807) is 0 Å². The molecule has 5 nitrogen and oxygen atoms in total. The van der Waals surface area contributed by atoms with Gasteiger partial charge in [0.15, 0.2) is 0 Å². The Morgan fingerprint density at radius 2 is 2.05 bits per heavy atom. The van der Waals surface area contributed by atoms with Gasteiger partial charge in [0, 0.05) is 12.2 Å². The highest BCUT2D eigenvalue weighted by Gasteiger charge is 2.45. The minimum absolute atomic E-state index is 0.0447. The second-order valence-electron chi connectivity index (χ2n) is 4.56. The minimum atomic E-state index is -5.01. The van der Waals surface area contributed by atoms with Gasteiger partial charge in [-0.2, -0.15) is 13.2 Å². The molecule has 0 aliphatic carbocycles. The summed E-state index contributed by atoms with van der Waals surface area (Å²) in [5.74, 6) is -3.80. The zero-order valence-electron chi connectivity index (χ0n) is 11.0. The standard InChI is InChI=1S/C13H12F3NO4/c1-21-7-2-3-10-9(6-7)8(11(18)19)4-5-17(10)12(20)13(14,15)16/h2-3,6,8H,4-5H2,1H3,(H,18,19). The molecule has 0 aromatic heterocycles. The summed E-state index contributed by atoms with van der Waals surface area (Å²) in [7, 11) is 1.36. The number of hydrogen-bond acceptors (Lipinski definition) is 3. The van der Waals surface area contributed by atoms with Crippen molar-refractivity contribution in [1.29, 1.82) is 0 Å². The van der Waals surface area contributed by atoms with Crippen molar-refractivity contribution < 1.29 is 32.6 Å². The van der Waals surface area contributed by atoms with Crippen LogP contribution in [-0.2, 0) is 9.59 Å². The number of carboxylic acids is 1. The van der Waals surface area contributed by atoms with E-state index in [0.717, 1.165) is 0 Å². The van der Waals surface area contributed by atoms with Crippen molar-refractivity contribution in [2.75, 3.05) is 18.6 Å². The van der Waals surface area contributed by atoms with Gasteiger partial charge < -0.3 is 14.7 Å². The maximum Gasteiger partial charge on any atom is 0.471 e. The number of carbonyl (C=O) groups is 2. The maximum atomic E-state index is 12.6. The molecule has 1 aliphatic rings. The average molecular weight is 303 g/mol. The molecular weight excluding hydrogens is 291 g/mol. The minimum Gasteiger partial charge on any atom is -0.497 e. The molecule has 1 aromatic carbocycles. The Kier molecular flexibility index (Phi) is 3.80. The second kappa shape index (κ2) is 5.27. The second-order valence-corrected chi connectivity index (χ2v) is 4.56. The smallest absolute Gasteiger partial charge is 0.471 e. The van der Waals surface area contributed by atoms with Gasteiger partial charge in [-0.05, 0) is 30.2 Å². The molecule has 8 heteroatoms. The number of carbonyl (C=O) groups excluding carboxylic acids is 1. The van der Waals surface area contributed by atoms with Crippen molar-refractivity contribution in [2.45, 2.75) is 18.5 Å². The number of aliphatic carboxylic acids is 1. The summed E-state index contributed by atoms with van der Waals surface area (Å²) in [5, 5.41) is 9.17. The molecular formula is C13H12F3NO4. The molecule has 114 valence electrons. The number of rotatable bonds is 2. The topological polar surface area (TPSA) is 66.8 Å². The lowest BCUT2D eigenvalue weighted by Crippen LogP contribution is -2.45. The van der Waals surface area contributed by atoms with Crippen LogP contribution in [0.2, 0.25) is 0 Å². The van der Waals surface area contributed by atoms with Gasteiger partial charge in [0.1, 0.15) is 5.75 Å². The lowest BCUT2D eigenvalue weighted by atomic mass is 9.89. The predicted octanol–water partition coefficient (Wildman–Crippen LogP) is 2.16. The first-order valence-electron chi connectivity index (χ1n) is 6.05. The average Bonchev–Trinajstić information content (AvgIpc) is 2.43. The van der Waals surface area contributed by atoms with Gasteiger partial charge >= 0.3 is 18.1 Å². The SMILES string of the molecule is COc1ccc2c(c1)C(C(=O)O)CCN2C(=O)C(F)(F)F. The van der Waals surface area contributed by atoms with Gasteiger partial charge in [-0.3, -0.25) is 9.59 Å². The van der Waals surface area contributed by atoms with E-state index >= 15 is 0 Å². The Balaban J connectivity index is 2.50. The van der Waals surface area contributed by atoms with Crippen molar-refractivity contribution >= 4 is 17.6 Å². The Labute approximate surface area is 117 Å². The van der Waals surface area contributed by atoms with Gasteiger partial charge in [-0.15, -0.1) is 0 Å². The van der Waals surface area contributed by atoms with Crippen LogP contribution in [0.1, 0.15) is 17.9 Å². The van der Waals surface area contributed by atoms with E-state index in [4.69, 9.17) is 9.84 Å². The van der Waals surface area contributed by atoms with Crippen LogP contribution in [0, 0.1) is 0 Å². The quantitative estimate of drug-likeness (QED) is 0.909. The zero-order chi connectivity index (χ0) is 15.8. The predicted molar refractivity (Wildman–Crippen MR) is 66.4 cm³/mol. The van der Waals surface area contributed by atoms with Crippen LogP contribution in [0.5, 0.6) is 5.75 Å². The van der Waals surface area contributed by atoms with Crippen LogP contribution in [-0.4, -0.2) is 36.8 Å². The van der Waals surface area contributed by atoms with Gasteiger partial charge in [0.05, 0.1) is 13.0 Å². The number of fused-ring (bicyclic) bond motifs is 1. The molecule has 1 N–H and O–H groups in total. The summed E-state index contributed by atoms with van der Waals surface area (Å²) in [6.07, 6.45) is -5.09. The molecule has 1 unspecified atom stereocenters. The summed E-state index contributed by atoms with van der Waals surface area (Å²) in [6.45, 7) is -0.297. The van der Waals surface area contributed by atoms with Crippen LogP contribution in [0.15, 0.2) is 18.2 Å². The molecule has 0 saturated heterocycles. The third kappa shape index (κ3) is 2.79. The van der Waals surface area contributed by atoms with Gasteiger partial charge in [-0.25, -0.2) is 0 Å². The van der Waals surface area contributed by atoms with E-state index in [1.807, 2.05) is 0 Å². The summed E-state index contributed by atoms with van der Waals surface area (Å²) in [4.78, 5) is 23.2. The lowest BCUT2D eigenvalue weighted by Gasteiger charge is -2.33. The van der Waals surface area contributed by atoms with E-state index in [9.17, 15) is 22.8 Å². The number of alkyl halides is 3. The largest absolute Gasteiger partial charge is 0.497 e. The third-order valence-electron chi connectivity index (χ3n) is 3.33. The number of halogens is 3. The third-order valence-corrected chi connectivity index (χ3v) is 3.33. The van der Waals surface area contributed by atoms with E-state index in [1.165, 1.54) is 25.3 Å². The molecule has 1 aliphatic heterocycles. The number of nitrogens with zero attached hydrogens (tertiary/aromatic N) is 1. The molecule has 0 radical (unpaired) electrons. The van der Waals surface area contributed by atoms with E-state index < -0.39 is 24.0 Å². The van der Waals surface area contributed by atoms with Crippen LogP contribution < -0.4 is 9.64 Å². The van der Waals surface area contributed by atoms with Crippen LogP contribution in [0.3, 0.4) is 0 Å². The van der Waals surface area contributed by atoms with Gasteiger partial charge in [-0.1, -0.05) is 0 Å². The molecule has 2 rings (SSSR count). The van der Waals surface area contributed by atoms with E-state index in [2.05, 4.69) is 0 Å². The Morgan fingerprint density at radius 1 is 1.38 bits per heavy atom. The fourth-order valence-corrected chi connectivity index (χ4v) is 2.34. The molecule has 1 amide bonds. The van der Waals surface area contributed by atoms with Gasteiger partial charge in [0.25, 0.3) is 0 Å². The highest BCUT2D eigenvalue weighted by Crippen LogP contribution is 2.39. The number of hydrogen-bond donors (Lipinski definition) is 1. The van der Waals surface area contributed by atoms with Crippen LogP contribution in [0.25, 0.3) is 0 Å². The van der Waals surface area contributed by atoms with E-state index in [-0.39, 0.29) is 24.2 Å². The van der Waals surface area contributed by atoms with Crippen molar-refractivity contribution in [3.05, 3.63) is 23.8 Å². The fourth-order valence-electron chi connectivity index (χ4n) is 2.34. The Hall–Kier alpha value is -2.25. The maximum absolute atomic E-state index is 12.6. The van der Waals surface area contributed by atoms with Gasteiger partial charge in [0.2, 0.25) is 0 Å². The van der Waals surface area contributed by atoms with Crippen molar-refractivity contribution in [1.82, 2.24) is 0 Å². The number of amides is 1. The first-order valence-corrected chi connectivity index (χ1v) is 6.05. The van der Waals surface area contributed by atoms with Crippen LogP contribution in [0.4, 0.5) is 18.9 Å². The summed E-state index contributed by atoms with van der Waals surface area (Å²) < 4.78 is 42.7. The summed E-state index contributed by atoms with van der Waals surface area (Å²) in [6, 6.07) is 4.01. The molecule has 0 fully saturated rings. The molecule has 1 heterocycles. The highest BCUT2D eigenvalue weighted by atomic mass is 19.4. The molecule has 0 saturated carbocycles. The molecule has 1 atom stereocenters. The lowest BCUT2D eigenvalue weighted by molar-refractivity contribution is -0.170. The molecule has 21 heavy (non-hydrogen) atoms. The van der Waals surface area contributed by atoms with Crippen LogP contribution >= 0.6 is 0 Å². The first kappa shape index (κ1) is 15.1. The zero-order valence-corrected chi connectivity index (χ0v) is 11.0. The Bertz CT molecular complexity index is 585. The van der Waals surface area contributed by atoms with Crippen molar-refractivity contribution in [3.8, 4) is 5.75 Å². The Morgan fingerprint density at radius 3 is 2.57 bits per heavy atom. The first-order chi connectivity index (χ1) is 9.75. The normalized spacial score (nSPS) is 18.1. The fraction of sp³-hybridized carbons (Fsp3) is 0.385. The number of ether oxygens (including phenoxy) is 1. The molecule has 1 aromatic rings. The number of anilines is 1. The number of carboxylic acid groups (broad SMARTS) is 1. The number of benzene rings is 1. The van der Waals surface area contributed by atoms with Crippen molar-refractivity contribution in [3.63, 3.8) is 0 Å². The number of methoxy groups -OCH3 is 1. The summed E-state index contributed by atoms with van der Waals surface area (Å²) >= 11 is 0. The summed E-state index contributed by atoms with van der Waals surface area (Å²) in [5.41, 5.74) is 0.0995. The molecule has 0 bridgehead atoms. The highest BCUT2D eigenvalue weighted by molar-refractivity contribution is 5.99. The monoisotopic (exact) mass is 303 g/mol. The van der Waals surface area contributed by atoms with E-state index in [0.29, 0.717) is 10.6 Å².